The van der Waals surface area contributed by atoms with Crippen LogP contribution in [0.25, 0.3) is 0 Å². The fourth-order valence-electron chi connectivity index (χ4n) is 3.24. The third-order valence-electron chi connectivity index (χ3n) is 4.75. The van der Waals surface area contributed by atoms with Crippen LogP contribution in [0.2, 0.25) is 0 Å². The second-order valence-corrected chi connectivity index (χ2v) is 8.65. The number of hydrogen-bond acceptors (Lipinski definition) is 4. The lowest BCUT2D eigenvalue weighted by molar-refractivity contribution is 0.0509. The number of rotatable bonds is 6. The molecule has 0 aromatic heterocycles. The van der Waals surface area contributed by atoms with Crippen LogP contribution in [0.15, 0.2) is 53.4 Å². The van der Waals surface area contributed by atoms with E-state index in [9.17, 15) is 8.42 Å². The molecular weight excluding hydrogens is 374 g/mol. The Bertz CT molecular complexity index is 952. The number of aryl methyl sites for hydroxylation is 1. The Hall–Kier alpha value is -2.49. The molecule has 1 aliphatic carbocycles. The van der Waals surface area contributed by atoms with Crippen molar-refractivity contribution >= 4 is 10.0 Å². The van der Waals surface area contributed by atoms with Crippen molar-refractivity contribution in [2.45, 2.75) is 43.5 Å². The zero-order chi connectivity index (χ0) is 20.0. The van der Waals surface area contributed by atoms with Crippen molar-refractivity contribution in [1.82, 2.24) is 4.31 Å². The first-order valence-electron chi connectivity index (χ1n) is 9.36. The van der Waals surface area contributed by atoms with Gasteiger partial charge in [0.05, 0.1) is 16.5 Å². The Balaban J connectivity index is 1.97. The average molecular weight is 400 g/mol. The summed E-state index contributed by atoms with van der Waals surface area (Å²) in [6.07, 6.45) is 3.67. The number of sulfonamides is 1. The molecule has 0 N–H and O–H groups in total. The summed E-state index contributed by atoms with van der Waals surface area (Å²) in [5.74, 6) is 3.57. The average Bonchev–Trinajstić information content (AvgIpc) is 3.22. The van der Waals surface area contributed by atoms with Gasteiger partial charge in [-0.05, 0) is 50.0 Å². The first-order chi connectivity index (χ1) is 13.5. The van der Waals surface area contributed by atoms with Gasteiger partial charge < -0.3 is 9.47 Å². The molecule has 0 aliphatic heterocycles. The van der Waals surface area contributed by atoms with Gasteiger partial charge >= 0.3 is 0 Å². The van der Waals surface area contributed by atoms with E-state index in [1.54, 1.807) is 37.4 Å². The lowest BCUT2D eigenvalue weighted by atomic mass is 10.2. The molecule has 0 saturated heterocycles. The maximum Gasteiger partial charge on any atom is 0.271 e. The highest BCUT2D eigenvalue weighted by atomic mass is 32.2. The third kappa shape index (κ3) is 4.67. The van der Waals surface area contributed by atoms with E-state index in [2.05, 4.69) is 12.0 Å². The summed E-state index contributed by atoms with van der Waals surface area (Å²) < 4.78 is 38.4. The molecule has 2 aromatic rings. The molecule has 5 nitrogen and oxygen atoms in total. The quantitative estimate of drug-likeness (QED) is 0.420. The highest BCUT2D eigenvalue weighted by molar-refractivity contribution is 7.89. The van der Waals surface area contributed by atoms with Gasteiger partial charge in [0.2, 0.25) is 0 Å². The van der Waals surface area contributed by atoms with Crippen molar-refractivity contribution in [3.05, 3.63) is 59.7 Å². The van der Waals surface area contributed by atoms with Gasteiger partial charge in [0.25, 0.3) is 10.0 Å². The van der Waals surface area contributed by atoms with Crippen molar-refractivity contribution < 1.29 is 17.9 Å². The van der Waals surface area contributed by atoms with E-state index in [1.165, 1.54) is 4.31 Å². The van der Waals surface area contributed by atoms with E-state index < -0.39 is 10.0 Å². The Morgan fingerprint density at radius 2 is 1.75 bits per heavy atom. The molecule has 6 heteroatoms. The van der Waals surface area contributed by atoms with E-state index in [1.807, 2.05) is 25.1 Å². The normalized spacial score (nSPS) is 14.4. The monoisotopic (exact) mass is 399 g/mol. The van der Waals surface area contributed by atoms with Crippen LogP contribution in [0.4, 0.5) is 0 Å². The fraction of sp³-hybridized carbons (Fsp3) is 0.364. The maximum absolute atomic E-state index is 13.3. The molecule has 1 fully saturated rings. The van der Waals surface area contributed by atoms with Crippen LogP contribution in [-0.2, 0) is 14.8 Å². The number of methoxy groups -OCH3 is 1. The van der Waals surface area contributed by atoms with Crippen LogP contribution < -0.4 is 4.74 Å². The molecule has 28 heavy (non-hydrogen) atoms. The van der Waals surface area contributed by atoms with Crippen LogP contribution in [0.1, 0.15) is 36.8 Å². The number of para-hydroxylation sites is 1. The minimum atomic E-state index is -3.71. The maximum atomic E-state index is 13.3. The predicted molar refractivity (Wildman–Crippen MR) is 108 cm³/mol. The van der Waals surface area contributed by atoms with E-state index in [0.29, 0.717) is 11.3 Å². The summed E-state index contributed by atoms with van der Waals surface area (Å²) in [5, 5.41) is 0. The number of benzene rings is 2. The SMILES string of the molecule is COCOc1ccccc1C#CN(C1CCCC1)S(=O)(=O)c1ccc(C)cc1. The van der Waals surface area contributed by atoms with E-state index >= 15 is 0 Å². The number of hydrogen-bond donors (Lipinski definition) is 0. The van der Waals surface area contributed by atoms with Gasteiger partial charge in [0.1, 0.15) is 5.75 Å². The molecule has 0 heterocycles. The predicted octanol–water partition coefficient (Wildman–Crippen LogP) is 3.92. The van der Waals surface area contributed by atoms with Crippen LogP contribution >= 0.6 is 0 Å². The molecule has 0 spiro atoms. The van der Waals surface area contributed by atoms with Gasteiger partial charge in [-0.2, -0.15) is 0 Å². The smallest absolute Gasteiger partial charge is 0.271 e. The van der Waals surface area contributed by atoms with Gasteiger partial charge in [-0.1, -0.05) is 42.7 Å². The van der Waals surface area contributed by atoms with E-state index in [4.69, 9.17) is 9.47 Å². The van der Waals surface area contributed by atoms with Crippen LogP contribution in [0, 0.1) is 18.9 Å². The van der Waals surface area contributed by atoms with Crippen LogP contribution in [0.5, 0.6) is 5.75 Å². The Labute approximate surface area is 167 Å². The van der Waals surface area contributed by atoms with Crippen LogP contribution in [-0.4, -0.2) is 32.7 Å². The number of ether oxygens (including phenoxy) is 2. The lowest BCUT2D eigenvalue weighted by Gasteiger charge is -2.24. The standard InChI is InChI=1S/C22H25NO4S/c1-18-11-13-21(14-12-18)28(24,25)23(20-8-4-5-9-20)16-15-19-7-3-6-10-22(19)27-17-26-2/h3,6-7,10-14,20H,4-5,8-9,17H2,1-2H3. The summed E-state index contributed by atoms with van der Waals surface area (Å²) in [7, 11) is -2.16. The van der Waals surface area contributed by atoms with Gasteiger partial charge in [0, 0.05) is 13.2 Å². The molecule has 0 atom stereocenters. The van der Waals surface area contributed by atoms with Gasteiger partial charge in [0.15, 0.2) is 6.79 Å². The minimum Gasteiger partial charge on any atom is -0.466 e. The first kappa shape index (κ1) is 20.2. The third-order valence-corrected chi connectivity index (χ3v) is 6.53. The molecule has 0 unspecified atom stereocenters. The van der Waals surface area contributed by atoms with Crippen molar-refractivity contribution in [3.8, 4) is 17.7 Å². The molecule has 148 valence electrons. The van der Waals surface area contributed by atoms with E-state index in [-0.39, 0.29) is 17.7 Å². The topological polar surface area (TPSA) is 55.8 Å². The molecule has 0 radical (unpaired) electrons. The van der Waals surface area contributed by atoms with E-state index in [0.717, 1.165) is 31.2 Å². The molecule has 1 aliphatic rings. The summed E-state index contributed by atoms with van der Waals surface area (Å²) in [5.41, 5.74) is 1.64. The lowest BCUT2D eigenvalue weighted by Crippen LogP contribution is -2.35. The first-order valence-corrected chi connectivity index (χ1v) is 10.8. The summed E-state index contributed by atoms with van der Waals surface area (Å²) in [6.45, 7) is 2.04. The summed E-state index contributed by atoms with van der Waals surface area (Å²) >= 11 is 0. The number of nitrogens with zero attached hydrogens (tertiary/aromatic N) is 1. The molecule has 2 aromatic carbocycles. The van der Waals surface area contributed by atoms with Crippen molar-refractivity contribution in [2.24, 2.45) is 0 Å². The summed E-state index contributed by atoms with van der Waals surface area (Å²) in [4.78, 5) is 0.267. The van der Waals surface area contributed by atoms with Gasteiger partial charge in [-0.3, -0.25) is 0 Å². The van der Waals surface area contributed by atoms with Crippen molar-refractivity contribution in [2.75, 3.05) is 13.9 Å². The van der Waals surface area contributed by atoms with Gasteiger partial charge in [-0.25, -0.2) is 12.7 Å². The Morgan fingerprint density at radius 3 is 2.43 bits per heavy atom. The Morgan fingerprint density at radius 1 is 1.07 bits per heavy atom. The fourth-order valence-corrected chi connectivity index (χ4v) is 4.72. The molecule has 0 bridgehead atoms. The van der Waals surface area contributed by atoms with Crippen molar-refractivity contribution in [3.63, 3.8) is 0 Å². The van der Waals surface area contributed by atoms with Crippen molar-refractivity contribution in [1.29, 1.82) is 0 Å². The minimum absolute atomic E-state index is 0.104. The largest absolute Gasteiger partial charge is 0.466 e. The second-order valence-electron chi connectivity index (χ2n) is 6.84. The zero-order valence-corrected chi connectivity index (χ0v) is 17.0. The Kier molecular flexibility index (Phi) is 6.61. The molecule has 3 rings (SSSR count). The molecule has 0 amide bonds. The highest BCUT2D eigenvalue weighted by Crippen LogP contribution is 2.28. The highest BCUT2D eigenvalue weighted by Gasteiger charge is 2.31. The molecular formula is C22H25NO4S. The second kappa shape index (κ2) is 9.13. The molecule has 1 saturated carbocycles. The summed E-state index contributed by atoms with van der Waals surface area (Å²) in [6, 6.07) is 17.0. The zero-order valence-electron chi connectivity index (χ0n) is 16.2. The van der Waals surface area contributed by atoms with Gasteiger partial charge in [-0.15, -0.1) is 0 Å². The van der Waals surface area contributed by atoms with Crippen LogP contribution in [0.3, 0.4) is 0 Å².